The fourth-order valence-electron chi connectivity index (χ4n) is 4.82. The van der Waals surface area contributed by atoms with Gasteiger partial charge in [0.1, 0.15) is 0 Å². The van der Waals surface area contributed by atoms with Crippen molar-refractivity contribution in [1.29, 1.82) is 0 Å². The van der Waals surface area contributed by atoms with Crippen molar-refractivity contribution in [3.8, 4) is 28.3 Å². The zero-order valence-electron chi connectivity index (χ0n) is 24.7. The van der Waals surface area contributed by atoms with Crippen LogP contribution in [0.2, 0.25) is 0 Å². The predicted octanol–water partition coefficient (Wildman–Crippen LogP) is 9.86. The summed E-state index contributed by atoms with van der Waals surface area (Å²) in [6.07, 6.45) is 20.2. The summed E-state index contributed by atoms with van der Waals surface area (Å²) in [7, 11) is 0. The van der Waals surface area contributed by atoms with E-state index in [0.29, 0.717) is 0 Å². The van der Waals surface area contributed by atoms with Gasteiger partial charge in [0.25, 0.3) is 0 Å². The molecule has 4 nitrogen and oxygen atoms in total. The van der Waals surface area contributed by atoms with E-state index in [0.717, 1.165) is 43.2 Å². The fourth-order valence-corrected chi connectivity index (χ4v) is 4.82. The van der Waals surface area contributed by atoms with Gasteiger partial charge in [0.2, 0.25) is 0 Å². The number of ether oxygens (including phenoxy) is 2. The zero-order valence-corrected chi connectivity index (χ0v) is 24.7. The van der Waals surface area contributed by atoms with Crippen LogP contribution in [0.15, 0.2) is 60.9 Å². The molecule has 0 saturated heterocycles. The highest BCUT2D eigenvalue weighted by atomic mass is 16.5. The third-order valence-corrected chi connectivity index (χ3v) is 7.25. The lowest BCUT2D eigenvalue weighted by Crippen LogP contribution is -2.12. The van der Waals surface area contributed by atoms with Crippen molar-refractivity contribution in [2.75, 3.05) is 13.2 Å². The van der Waals surface area contributed by atoms with E-state index in [1.165, 1.54) is 87.3 Å². The van der Waals surface area contributed by atoms with Crippen molar-refractivity contribution < 1.29 is 9.47 Å². The molecule has 0 fully saturated rings. The summed E-state index contributed by atoms with van der Waals surface area (Å²) >= 11 is 0. The van der Waals surface area contributed by atoms with E-state index in [9.17, 15) is 0 Å². The summed E-state index contributed by atoms with van der Waals surface area (Å²) in [5.41, 5.74) is 4.73. The second kappa shape index (κ2) is 18.5. The minimum Gasteiger partial charge on any atom is -0.490 e. The third kappa shape index (κ3) is 11.9. The van der Waals surface area contributed by atoms with E-state index < -0.39 is 0 Å². The van der Waals surface area contributed by atoms with Crippen LogP contribution in [0.5, 0.6) is 5.75 Å². The molecule has 1 heterocycles. The normalized spacial score (nSPS) is 12.0. The van der Waals surface area contributed by atoms with Crippen LogP contribution in [-0.4, -0.2) is 29.3 Å². The molecular weight excluding hydrogens is 480 g/mol. The van der Waals surface area contributed by atoms with E-state index in [1.54, 1.807) is 12.4 Å². The molecule has 1 atom stereocenters. The van der Waals surface area contributed by atoms with E-state index >= 15 is 0 Å². The molecule has 3 aromatic rings. The highest BCUT2D eigenvalue weighted by Crippen LogP contribution is 2.24. The Kier molecular flexibility index (Phi) is 14.7. The molecule has 1 aromatic heterocycles. The summed E-state index contributed by atoms with van der Waals surface area (Å²) in [4.78, 5) is 9.01. The molecule has 0 radical (unpaired) electrons. The van der Waals surface area contributed by atoms with Crippen molar-refractivity contribution in [3.63, 3.8) is 0 Å². The van der Waals surface area contributed by atoms with Gasteiger partial charge in [-0.25, -0.2) is 9.97 Å². The minimum atomic E-state index is 0.248. The average Bonchev–Trinajstić information content (AvgIpc) is 2.97. The monoisotopic (exact) mass is 530 g/mol. The molecule has 0 spiro atoms. The first kappa shape index (κ1) is 30.8. The number of nitrogens with zero attached hydrogens (tertiary/aromatic N) is 2. The topological polar surface area (TPSA) is 44.2 Å². The van der Waals surface area contributed by atoms with Gasteiger partial charge < -0.3 is 9.47 Å². The maximum Gasteiger partial charge on any atom is 0.159 e. The maximum absolute atomic E-state index is 6.08. The van der Waals surface area contributed by atoms with Gasteiger partial charge in [-0.1, -0.05) is 127 Å². The molecule has 0 saturated carbocycles. The van der Waals surface area contributed by atoms with E-state index in [1.807, 2.05) is 0 Å². The Balaban J connectivity index is 1.38. The largest absolute Gasteiger partial charge is 0.490 e. The van der Waals surface area contributed by atoms with Crippen LogP contribution in [0.1, 0.15) is 103 Å². The van der Waals surface area contributed by atoms with Gasteiger partial charge >= 0.3 is 0 Å². The molecule has 0 amide bonds. The van der Waals surface area contributed by atoms with Crippen LogP contribution in [-0.2, 0) is 11.2 Å². The highest BCUT2D eigenvalue weighted by Gasteiger charge is 2.07. The summed E-state index contributed by atoms with van der Waals surface area (Å²) in [5, 5.41) is 0. The first-order chi connectivity index (χ1) is 19.2. The number of rotatable bonds is 20. The molecule has 0 unspecified atom stereocenters. The first-order valence-electron chi connectivity index (χ1n) is 15.5. The van der Waals surface area contributed by atoms with Gasteiger partial charge in [-0.05, 0) is 42.9 Å². The van der Waals surface area contributed by atoms with Gasteiger partial charge in [0.05, 0.1) is 25.1 Å². The summed E-state index contributed by atoms with van der Waals surface area (Å²) in [6, 6.07) is 17.3. The molecule has 0 bridgehead atoms. The van der Waals surface area contributed by atoms with Crippen molar-refractivity contribution in [1.82, 2.24) is 9.97 Å². The zero-order chi connectivity index (χ0) is 27.5. The van der Waals surface area contributed by atoms with Crippen LogP contribution >= 0.6 is 0 Å². The molecule has 3 rings (SSSR count). The fraction of sp³-hybridized carbons (Fsp3) is 0.543. The Morgan fingerprint density at radius 3 is 1.69 bits per heavy atom. The Labute approximate surface area is 237 Å². The summed E-state index contributed by atoms with van der Waals surface area (Å²) in [6.45, 7) is 8.27. The van der Waals surface area contributed by atoms with Crippen molar-refractivity contribution >= 4 is 0 Å². The molecule has 0 aliphatic rings. The Morgan fingerprint density at radius 2 is 1.08 bits per heavy atom. The molecule has 39 heavy (non-hydrogen) atoms. The van der Waals surface area contributed by atoms with Crippen LogP contribution in [0, 0.1) is 0 Å². The lowest BCUT2D eigenvalue weighted by Gasteiger charge is -2.14. The minimum absolute atomic E-state index is 0.248. The van der Waals surface area contributed by atoms with Crippen molar-refractivity contribution in [3.05, 3.63) is 66.5 Å². The van der Waals surface area contributed by atoms with Crippen molar-refractivity contribution in [2.45, 2.75) is 110 Å². The van der Waals surface area contributed by atoms with Gasteiger partial charge in [0.15, 0.2) is 11.6 Å². The molecule has 0 N–H and O–H groups in total. The van der Waals surface area contributed by atoms with E-state index in [-0.39, 0.29) is 6.10 Å². The number of benzene rings is 2. The second-order valence-corrected chi connectivity index (χ2v) is 10.8. The molecule has 4 heteroatoms. The van der Waals surface area contributed by atoms with E-state index in [4.69, 9.17) is 9.47 Å². The molecular formula is C35H50N2O2. The van der Waals surface area contributed by atoms with Crippen LogP contribution in [0.3, 0.4) is 0 Å². The summed E-state index contributed by atoms with van der Waals surface area (Å²) < 4.78 is 11.9. The molecule has 212 valence electrons. The molecule has 0 aliphatic carbocycles. The second-order valence-electron chi connectivity index (χ2n) is 10.8. The SMILES string of the molecule is CCCCCCCCCCO[C@@H](C)Cc1ccc(-c2ccc(-c3ncc(OCCCCCC)cn3)cc2)cc1. The average molecular weight is 531 g/mol. The quantitative estimate of drug-likeness (QED) is 0.136. The number of aromatic nitrogens is 2. The first-order valence-corrected chi connectivity index (χ1v) is 15.5. The van der Waals surface area contributed by atoms with Gasteiger partial charge in [-0.15, -0.1) is 0 Å². The Morgan fingerprint density at radius 1 is 0.590 bits per heavy atom. The smallest absolute Gasteiger partial charge is 0.159 e. The van der Waals surface area contributed by atoms with Gasteiger partial charge in [0, 0.05) is 12.2 Å². The van der Waals surface area contributed by atoms with Gasteiger partial charge in [-0.3, -0.25) is 0 Å². The lowest BCUT2D eigenvalue weighted by atomic mass is 10.0. The van der Waals surface area contributed by atoms with Crippen LogP contribution < -0.4 is 4.74 Å². The third-order valence-electron chi connectivity index (χ3n) is 7.25. The number of unbranched alkanes of at least 4 members (excludes halogenated alkanes) is 10. The maximum atomic E-state index is 6.08. The number of hydrogen-bond acceptors (Lipinski definition) is 4. The Bertz CT molecular complexity index is 1020. The highest BCUT2D eigenvalue weighted by molar-refractivity contribution is 5.67. The predicted molar refractivity (Wildman–Crippen MR) is 164 cm³/mol. The summed E-state index contributed by atoms with van der Waals surface area (Å²) in [5.74, 6) is 1.45. The van der Waals surface area contributed by atoms with Crippen LogP contribution in [0.4, 0.5) is 0 Å². The van der Waals surface area contributed by atoms with E-state index in [2.05, 4.69) is 79.3 Å². The lowest BCUT2D eigenvalue weighted by molar-refractivity contribution is 0.0635. The van der Waals surface area contributed by atoms with Gasteiger partial charge in [-0.2, -0.15) is 0 Å². The molecule has 0 aliphatic heterocycles. The van der Waals surface area contributed by atoms with Crippen molar-refractivity contribution in [2.24, 2.45) is 0 Å². The molecule has 2 aromatic carbocycles. The standard InChI is InChI=1S/C35H50N2O2/c1-4-6-8-10-11-12-13-15-24-38-29(3)26-30-16-18-31(19-17-30)32-20-22-33(23-21-32)35-36-27-34(28-37-35)39-25-14-9-7-5-2/h16-23,27-29H,4-15,24-26H2,1-3H3/t29-/m0/s1. The Hall–Kier alpha value is -2.72. The number of hydrogen-bond donors (Lipinski definition) is 0. The van der Waals surface area contributed by atoms with Crippen LogP contribution in [0.25, 0.3) is 22.5 Å².